The van der Waals surface area contributed by atoms with Gasteiger partial charge in [-0.15, -0.1) is 0 Å². The van der Waals surface area contributed by atoms with Crippen LogP contribution >= 0.6 is 0 Å². The highest BCUT2D eigenvalue weighted by Gasteiger charge is 2.48. The molecular weight excluding hydrogens is 258 g/mol. The van der Waals surface area contributed by atoms with E-state index in [9.17, 15) is 0 Å². The summed E-state index contributed by atoms with van der Waals surface area (Å²) in [5, 5.41) is 2.51. The monoisotopic (exact) mass is 283 g/mol. The smallest absolute Gasteiger partial charge is 0.0680 e. The zero-order valence-electron chi connectivity index (χ0n) is 13.4. The summed E-state index contributed by atoms with van der Waals surface area (Å²) in [6.45, 7) is 8.63. The van der Waals surface area contributed by atoms with Crippen LogP contribution in [0.4, 0.5) is 0 Å². The van der Waals surface area contributed by atoms with E-state index in [1.807, 2.05) is 0 Å². The molecule has 21 heavy (non-hydrogen) atoms. The quantitative estimate of drug-likeness (QED) is 0.884. The van der Waals surface area contributed by atoms with E-state index in [0.29, 0.717) is 5.92 Å². The molecule has 112 valence electrons. The van der Waals surface area contributed by atoms with E-state index in [0.717, 1.165) is 6.42 Å². The maximum atomic E-state index is 6.61. The Kier molecular flexibility index (Phi) is 3.34. The second-order valence-corrected chi connectivity index (χ2v) is 7.41. The number of nitrogens with two attached hydrogens (primary N) is 1. The molecule has 2 unspecified atom stereocenters. The fourth-order valence-electron chi connectivity index (χ4n) is 3.81. The van der Waals surface area contributed by atoms with Crippen molar-refractivity contribution in [3.8, 4) is 0 Å². The van der Waals surface area contributed by atoms with Crippen LogP contribution in [-0.2, 0) is 4.74 Å². The fourth-order valence-corrected chi connectivity index (χ4v) is 3.81. The topological polar surface area (TPSA) is 35.2 Å². The molecule has 0 saturated carbocycles. The van der Waals surface area contributed by atoms with E-state index in [1.165, 1.54) is 16.3 Å². The molecule has 0 aliphatic carbocycles. The Labute approximate surface area is 127 Å². The lowest BCUT2D eigenvalue weighted by molar-refractivity contribution is -0.0767. The van der Waals surface area contributed by atoms with Gasteiger partial charge >= 0.3 is 0 Å². The number of rotatable bonds is 2. The molecule has 2 heteroatoms. The molecule has 1 fully saturated rings. The van der Waals surface area contributed by atoms with Crippen LogP contribution in [0.5, 0.6) is 0 Å². The standard InChI is InChI=1S/C19H25NO/c1-18(2)12-16(19(3,4)21-18)17(20)15-10-9-13-7-5-6-8-14(13)11-15/h5-11,16-17H,12,20H2,1-4H3. The highest BCUT2D eigenvalue weighted by Crippen LogP contribution is 2.47. The van der Waals surface area contributed by atoms with E-state index in [2.05, 4.69) is 70.2 Å². The Hall–Kier alpha value is -1.38. The molecule has 0 aromatic heterocycles. The van der Waals surface area contributed by atoms with Gasteiger partial charge in [-0.1, -0.05) is 36.4 Å². The van der Waals surface area contributed by atoms with Gasteiger partial charge in [0.05, 0.1) is 11.2 Å². The Bertz CT molecular complexity index is 659. The second kappa shape index (κ2) is 4.82. The molecule has 3 rings (SSSR count). The summed E-state index contributed by atoms with van der Waals surface area (Å²) in [5.74, 6) is 0.327. The zero-order valence-corrected chi connectivity index (χ0v) is 13.4. The van der Waals surface area contributed by atoms with E-state index < -0.39 is 0 Å². The van der Waals surface area contributed by atoms with Gasteiger partial charge in [0.2, 0.25) is 0 Å². The summed E-state index contributed by atoms with van der Waals surface area (Å²) in [6.07, 6.45) is 0.994. The first-order valence-electron chi connectivity index (χ1n) is 7.73. The van der Waals surface area contributed by atoms with Gasteiger partial charge in [-0.25, -0.2) is 0 Å². The molecular formula is C19H25NO. The van der Waals surface area contributed by atoms with Gasteiger partial charge in [0, 0.05) is 12.0 Å². The van der Waals surface area contributed by atoms with Crippen LogP contribution < -0.4 is 5.73 Å². The normalized spacial score (nSPS) is 25.1. The lowest BCUT2D eigenvalue weighted by Crippen LogP contribution is -2.35. The molecule has 2 aromatic carbocycles. The molecule has 2 N–H and O–H groups in total. The highest BCUT2D eigenvalue weighted by atomic mass is 16.5. The van der Waals surface area contributed by atoms with E-state index in [1.54, 1.807) is 0 Å². The number of fused-ring (bicyclic) bond motifs is 1. The third-order valence-electron chi connectivity index (χ3n) is 4.74. The highest BCUT2D eigenvalue weighted by molar-refractivity contribution is 5.83. The zero-order chi connectivity index (χ0) is 15.3. The molecule has 0 bridgehead atoms. The predicted octanol–water partition coefficient (Wildman–Crippen LogP) is 4.43. The van der Waals surface area contributed by atoms with Crippen LogP contribution in [0.1, 0.15) is 45.7 Å². The molecule has 0 amide bonds. The summed E-state index contributed by atoms with van der Waals surface area (Å²) < 4.78 is 6.20. The van der Waals surface area contributed by atoms with Crippen LogP contribution in [0.2, 0.25) is 0 Å². The van der Waals surface area contributed by atoms with Crippen molar-refractivity contribution < 1.29 is 4.74 Å². The summed E-state index contributed by atoms with van der Waals surface area (Å²) in [4.78, 5) is 0. The SMILES string of the molecule is CC1(C)CC(C(N)c2ccc3ccccc3c2)C(C)(C)O1. The van der Waals surface area contributed by atoms with Crippen molar-refractivity contribution in [1.82, 2.24) is 0 Å². The van der Waals surface area contributed by atoms with Crippen LogP contribution in [0.15, 0.2) is 42.5 Å². The molecule has 2 atom stereocenters. The number of hydrogen-bond donors (Lipinski definition) is 1. The van der Waals surface area contributed by atoms with Gasteiger partial charge in [-0.3, -0.25) is 0 Å². The lowest BCUT2D eigenvalue weighted by Gasteiger charge is -2.31. The largest absolute Gasteiger partial charge is 0.369 e. The van der Waals surface area contributed by atoms with E-state index in [-0.39, 0.29) is 17.2 Å². The van der Waals surface area contributed by atoms with Crippen LogP contribution in [0, 0.1) is 5.92 Å². The van der Waals surface area contributed by atoms with Crippen molar-refractivity contribution in [2.75, 3.05) is 0 Å². The van der Waals surface area contributed by atoms with Crippen molar-refractivity contribution in [2.24, 2.45) is 11.7 Å². The molecule has 1 heterocycles. The maximum absolute atomic E-state index is 6.61. The minimum Gasteiger partial charge on any atom is -0.369 e. The Morgan fingerprint density at radius 1 is 1.05 bits per heavy atom. The van der Waals surface area contributed by atoms with Crippen LogP contribution in [0.3, 0.4) is 0 Å². The first-order valence-corrected chi connectivity index (χ1v) is 7.73. The van der Waals surface area contributed by atoms with Crippen molar-refractivity contribution in [2.45, 2.75) is 51.4 Å². The number of benzene rings is 2. The van der Waals surface area contributed by atoms with Crippen molar-refractivity contribution >= 4 is 10.8 Å². The molecule has 1 aliphatic rings. The average Bonchev–Trinajstić information content (AvgIpc) is 2.65. The summed E-state index contributed by atoms with van der Waals surface area (Å²) >= 11 is 0. The van der Waals surface area contributed by atoms with Gasteiger partial charge < -0.3 is 10.5 Å². The molecule has 0 radical (unpaired) electrons. The predicted molar refractivity (Wildman–Crippen MR) is 88.2 cm³/mol. The first kappa shape index (κ1) is 14.6. The molecule has 1 aliphatic heterocycles. The second-order valence-electron chi connectivity index (χ2n) is 7.41. The maximum Gasteiger partial charge on any atom is 0.0680 e. The summed E-state index contributed by atoms with van der Waals surface area (Å²) in [7, 11) is 0. The minimum absolute atomic E-state index is 0.00591. The average molecular weight is 283 g/mol. The molecule has 1 saturated heterocycles. The first-order chi connectivity index (χ1) is 9.78. The number of ether oxygens (including phenoxy) is 1. The Morgan fingerprint density at radius 2 is 1.71 bits per heavy atom. The Balaban J connectivity index is 1.95. The minimum atomic E-state index is -0.186. The van der Waals surface area contributed by atoms with Gasteiger partial charge in [-0.2, -0.15) is 0 Å². The fraction of sp³-hybridized carbons (Fsp3) is 0.474. The molecule has 2 nitrogen and oxygen atoms in total. The van der Waals surface area contributed by atoms with Crippen LogP contribution in [0.25, 0.3) is 10.8 Å². The van der Waals surface area contributed by atoms with Crippen molar-refractivity contribution in [3.63, 3.8) is 0 Å². The molecule has 0 spiro atoms. The van der Waals surface area contributed by atoms with Gasteiger partial charge in [-0.05, 0) is 56.5 Å². The van der Waals surface area contributed by atoms with Crippen LogP contribution in [-0.4, -0.2) is 11.2 Å². The van der Waals surface area contributed by atoms with Crippen molar-refractivity contribution in [3.05, 3.63) is 48.0 Å². The lowest BCUT2D eigenvalue weighted by atomic mass is 9.79. The van der Waals surface area contributed by atoms with E-state index >= 15 is 0 Å². The van der Waals surface area contributed by atoms with Crippen molar-refractivity contribution in [1.29, 1.82) is 0 Å². The molecule has 2 aromatic rings. The van der Waals surface area contributed by atoms with Gasteiger partial charge in [0.1, 0.15) is 0 Å². The van der Waals surface area contributed by atoms with Gasteiger partial charge in [0.25, 0.3) is 0 Å². The summed E-state index contributed by atoms with van der Waals surface area (Å²) in [5.41, 5.74) is 7.53. The Morgan fingerprint density at radius 3 is 2.33 bits per heavy atom. The van der Waals surface area contributed by atoms with Gasteiger partial charge in [0.15, 0.2) is 0 Å². The third-order valence-corrected chi connectivity index (χ3v) is 4.74. The number of hydrogen-bond acceptors (Lipinski definition) is 2. The summed E-state index contributed by atoms with van der Waals surface area (Å²) in [6, 6.07) is 15.0. The van der Waals surface area contributed by atoms with E-state index in [4.69, 9.17) is 10.5 Å². The third kappa shape index (κ3) is 2.70.